The van der Waals surface area contributed by atoms with Crippen LogP contribution in [-0.4, -0.2) is 15.0 Å². The van der Waals surface area contributed by atoms with Gasteiger partial charge in [0.2, 0.25) is 0 Å². The van der Waals surface area contributed by atoms with Crippen LogP contribution < -0.4 is 16.8 Å². The van der Waals surface area contributed by atoms with Gasteiger partial charge in [0.05, 0.1) is 5.69 Å². The maximum atomic E-state index is 13.3. The Morgan fingerprint density at radius 1 is 1.36 bits per heavy atom. The number of hydrogen-bond acceptors (Lipinski definition) is 5. The third-order valence-electron chi connectivity index (χ3n) is 2.78. The fourth-order valence-electron chi connectivity index (χ4n) is 1.82. The van der Waals surface area contributed by atoms with Crippen molar-refractivity contribution >= 4 is 17.4 Å². The van der Waals surface area contributed by atoms with Crippen molar-refractivity contribution in [3.05, 3.63) is 52.3 Å². The van der Waals surface area contributed by atoms with Crippen molar-refractivity contribution in [2.75, 3.05) is 0 Å². The van der Waals surface area contributed by atoms with Crippen LogP contribution in [0.15, 0.2) is 35.1 Å². The number of rotatable bonds is 3. The second kappa shape index (κ2) is 6.58. The van der Waals surface area contributed by atoms with E-state index in [0.29, 0.717) is 0 Å². The molecule has 22 heavy (non-hydrogen) atoms. The summed E-state index contributed by atoms with van der Waals surface area (Å²) in [5.74, 6) is 3.42. The van der Waals surface area contributed by atoms with Crippen LogP contribution in [0.1, 0.15) is 13.1 Å². The van der Waals surface area contributed by atoms with Gasteiger partial charge in [-0.3, -0.25) is 4.79 Å². The van der Waals surface area contributed by atoms with Crippen molar-refractivity contribution in [1.82, 2.24) is 15.1 Å². The first-order valence-electron chi connectivity index (χ1n) is 6.14. The van der Waals surface area contributed by atoms with Gasteiger partial charge in [0.15, 0.2) is 0 Å². The van der Waals surface area contributed by atoms with Crippen molar-refractivity contribution in [3.63, 3.8) is 0 Å². The van der Waals surface area contributed by atoms with E-state index in [0.717, 1.165) is 22.9 Å². The normalized spacial score (nSPS) is 11.8. The smallest absolute Gasteiger partial charge is 0.279 e. The largest absolute Gasteiger partial charge is 0.381 e. The summed E-state index contributed by atoms with van der Waals surface area (Å²) in [5.41, 5.74) is 0.00258. The quantitative estimate of drug-likeness (QED) is 0.657. The SMILES string of the molecule is CC(NC(=S)ON)n1nc(-c2cc(F)cc(F)c2)ccc1=O. The summed E-state index contributed by atoms with van der Waals surface area (Å²) in [6.45, 7) is 1.59. The molecule has 2 aromatic rings. The molecule has 0 spiro atoms. The molecule has 3 N–H and O–H groups in total. The van der Waals surface area contributed by atoms with E-state index in [2.05, 4.69) is 15.3 Å². The van der Waals surface area contributed by atoms with Gasteiger partial charge in [-0.25, -0.2) is 13.5 Å². The summed E-state index contributed by atoms with van der Waals surface area (Å²) in [4.78, 5) is 16.2. The molecule has 2 rings (SSSR count). The molecule has 1 atom stereocenters. The van der Waals surface area contributed by atoms with E-state index >= 15 is 0 Å². The topological polar surface area (TPSA) is 82.2 Å². The molecule has 116 valence electrons. The highest BCUT2D eigenvalue weighted by Crippen LogP contribution is 2.18. The Bertz CT molecular complexity index is 746. The van der Waals surface area contributed by atoms with Crippen molar-refractivity contribution in [2.45, 2.75) is 13.1 Å². The zero-order valence-electron chi connectivity index (χ0n) is 11.4. The highest BCUT2D eigenvalue weighted by Gasteiger charge is 2.12. The van der Waals surface area contributed by atoms with E-state index in [1.165, 1.54) is 12.1 Å². The Balaban J connectivity index is 2.42. The maximum absolute atomic E-state index is 13.3. The summed E-state index contributed by atoms with van der Waals surface area (Å²) in [6, 6.07) is 5.59. The zero-order valence-corrected chi connectivity index (χ0v) is 12.2. The summed E-state index contributed by atoms with van der Waals surface area (Å²) >= 11 is 4.73. The van der Waals surface area contributed by atoms with E-state index in [-0.39, 0.29) is 16.4 Å². The summed E-state index contributed by atoms with van der Waals surface area (Å²) in [7, 11) is 0. The van der Waals surface area contributed by atoms with E-state index < -0.39 is 23.4 Å². The van der Waals surface area contributed by atoms with Gasteiger partial charge >= 0.3 is 0 Å². The fourth-order valence-corrected chi connectivity index (χ4v) is 1.99. The highest BCUT2D eigenvalue weighted by atomic mass is 32.1. The number of nitrogens with two attached hydrogens (primary N) is 1. The highest BCUT2D eigenvalue weighted by molar-refractivity contribution is 7.80. The Labute approximate surface area is 129 Å². The summed E-state index contributed by atoms with van der Waals surface area (Å²) < 4.78 is 27.6. The molecular formula is C13H12F2N4O2S. The second-order valence-electron chi connectivity index (χ2n) is 4.39. The van der Waals surface area contributed by atoms with Gasteiger partial charge in [0, 0.05) is 17.7 Å². The zero-order chi connectivity index (χ0) is 16.3. The molecule has 9 heteroatoms. The first-order chi connectivity index (χ1) is 10.4. The number of benzene rings is 1. The molecule has 0 radical (unpaired) electrons. The number of aromatic nitrogens is 2. The predicted octanol–water partition coefficient (Wildman–Crippen LogP) is 1.47. The number of halogens is 2. The van der Waals surface area contributed by atoms with Gasteiger partial charge in [0.1, 0.15) is 17.8 Å². The molecule has 0 saturated heterocycles. The Hall–Kier alpha value is -2.39. The summed E-state index contributed by atoms with van der Waals surface area (Å²) in [5, 5.41) is 6.57. The van der Waals surface area contributed by atoms with Crippen molar-refractivity contribution in [2.24, 2.45) is 5.90 Å². The molecule has 1 aromatic carbocycles. The van der Waals surface area contributed by atoms with Crippen LogP contribution in [-0.2, 0) is 4.84 Å². The van der Waals surface area contributed by atoms with Crippen LogP contribution in [0.3, 0.4) is 0 Å². The van der Waals surface area contributed by atoms with Crippen molar-refractivity contribution in [1.29, 1.82) is 0 Å². The number of nitrogens with zero attached hydrogens (tertiary/aromatic N) is 2. The number of nitrogens with one attached hydrogen (secondary N) is 1. The number of hydrogen-bond donors (Lipinski definition) is 2. The van der Waals surface area contributed by atoms with Gasteiger partial charge in [-0.1, -0.05) is 0 Å². The molecule has 0 fully saturated rings. The molecule has 1 unspecified atom stereocenters. The molecule has 0 bridgehead atoms. The standard InChI is InChI=1S/C13H12F2N4O2S/c1-7(17-13(22)21-16)19-12(20)3-2-11(18-19)8-4-9(14)6-10(15)5-8/h2-7H,16H2,1H3,(H,17,22). The van der Waals surface area contributed by atoms with E-state index in [4.69, 9.17) is 18.1 Å². The minimum Gasteiger partial charge on any atom is -0.381 e. The van der Waals surface area contributed by atoms with Gasteiger partial charge in [-0.15, -0.1) is 0 Å². The average molecular weight is 326 g/mol. The molecule has 0 aliphatic heterocycles. The monoisotopic (exact) mass is 326 g/mol. The van der Waals surface area contributed by atoms with E-state index in [1.54, 1.807) is 6.92 Å². The molecular weight excluding hydrogens is 314 g/mol. The maximum Gasteiger partial charge on any atom is 0.279 e. The van der Waals surface area contributed by atoms with Crippen LogP contribution in [0.4, 0.5) is 8.78 Å². The Kier molecular flexibility index (Phi) is 4.78. The summed E-state index contributed by atoms with van der Waals surface area (Å²) in [6.07, 6.45) is -0.665. The second-order valence-corrected chi connectivity index (χ2v) is 4.76. The lowest BCUT2D eigenvalue weighted by Gasteiger charge is -2.16. The lowest BCUT2D eigenvalue weighted by atomic mass is 10.1. The van der Waals surface area contributed by atoms with Gasteiger partial charge < -0.3 is 10.2 Å². The molecule has 6 nitrogen and oxygen atoms in total. The Morgan fingerprint density at radius 2 is 2.00 bits per heavy atom. The van der Waals surface area contributed by atoms with Gasteiger partial charge in [-0.05, 0) is 37.3 Å². The van der Waals surface area contributed by atoms with Crippen molar-refractivity contribution in [3.8, 4) is 11.3 Å². The van der Waals surface area contributed by atoms with Crippen LogP contribution in [0.5, 0.6) is 0 Å². The molecule has 1 heterocycles. The third kappa shape index (κ3) is 3.62. The van der Waals surface area contributed by atoms with Crippen LogP contribution in [0.25, 0.3) is 11.3 Å². The molecule has 0 amide bonds. The molecule has 0 aliphatic carbocycles. The predicted molar refractivity (Wildman–Crippen MR) is 79.6 cm³/mol. The van der Waals surface area contributed by atoms with Crippen molar-refractivity contribution < 1.29 is 13.6 Å². The fraction of sp³-hybridized carbons (Fsp3) is 0.154. The van der Waals surface area contributed by atoms with Crippen LogP contribution >= 0.6 is 12.2 Å². The van der Waals surface area contributed by atoms with E-state index in [9.17, 15) is 13.6 Å². The Morgan fingerprint density at radius 3 is 2.59 bits per heavy atom. The van der Waals surface area contributed by atoms with Gasteiger partial charge in [-0.2, -0.15) is 11.0 Å². The lowest BCUT2D eigenvalue weighted by Crippen LogP contribution is -2.38. The van der Waals surface area contributed by atoms with Crippen LogP contribution in [0.2, 0.25) is 0 Å². The first-order valence-corrected chi connectivity index (χ1v) is 6.55. The minimum absolute atomic E-state index is 0.122. The lowest BCUT2D eigenvalue weighted by molar-refractivity contribution is 0.295. The average Bonchev–Trinajstić information content (AvgIpc) is 2.46. The molecule has 1 aromatic heterocycles. The molecule has 0 aliphatic rings. The van der Waals surface area contributed by atoms with Crippen LogP contribution in [0, 0.1) is 11.6 Å². The number of thiocarbonyl (C=S) groups is 1. The molecule has 0 saturated carbocycles. The van der Waals surface area contributed by atoms with E-state index in [1.807, 2.05) is 0 Å². The third-order valence-corrected chi connectivity index (χ3v) is 3.00. The first kappa shape index (κ1) is 16.0. The van der Waals surface area contributed by atoms with Gasteiger partial charge in [0.25, 0.3) is 10.7 Å². The minimum atomic E-state index is -0.738.